The molecule has 0 spiro atoms. The van der Waals surface area contributed by atoms with Crippen molar-refractivity contribution < 1.29 is 0 Å². The van der Waals surface area contributed by atoms with Gasteiger partial charge in [-0.1, -0.05) is 0 Å². The Morgan fingerprint density at radius 2 is 2.18 bits per heavy atom. The predicted octanol–water partition coefficient (Wildman–Crippen LogP) is 1.30. The van der Waals surface area contributed by atoms with E-state index in [-0.39, 0.29) is 0 Å². The number of hydrogen-bond acceptors (Lipinski definition) is 5. The predicted molar refractivity (Wildman–Crippen MR) is 73.4 cm³/mol. The first-order valence-corrected chi connectivity index (χ1v) is 7.23. The summed E-state index contributed by atoms with van der Waals surface area (Å²) >= 11 is 1.53. The molecule has 1 saturated heterocycles. The lowest BCUT2D eigenvalue weighted by molar-refractivity contribution is 0.258. The number of hydrogen-bond donors (Lipinski definition) is 1. The Balaban J connectivity index is 1.61. The molecule has 4 nitrogen and oxygen atoms in total. The number of nitrogens with zero attached hydrogens (tertiary/aromatic N) is 3. The fraction of sp³-hybridized carbons (Fsp3) is 0.750. The molecule has 5 heteroatoms. The number of aromatic nitrogens is 1. The third kappa shape index (κ3) is 4.26. The molecule has 0 aromatic carbocycles. The third-order valence-electron chi connectivity index (χ3n) is 3.32. The van der Waals surface area contributed by atoms with E-state index in [1.165, 1.54) is 43.8 Å². The van der Waals surface area contributed by atoms with Crippen LogP contribution in [0.25, 0.3) is 0 Å². The van der Waals surface area contributed by atoms with Crippen LogP contribution in [0.3, 0.4) is 0 Å². The number of likely N-dealkylation sites (N-methyl/N-ethyl adjacent to an activating group) is 1. The molecule has 1 aliphatic rings. The summed E-state index contributed by atoms with van der Waals surface area (Å²) in [5.41, 5.74) is 6.74. The summed E-state index contributed by atoms with van der Waals surface area (Å²) in [6, 6.07) is 0. The van der Waals surface area contributed by atoms with Crippen molar-refractivity contribution in [2.45, 2.75) is 19.3 Å². The van der Waals surface area contributed by atoms with Crippen molar-refractivity contribution in [3.8, 4) is 0 Å². The van der Waals surface area contributed by atoms with Gasteiger partial charge in [0.05, 0.1) is 5.69 Å². The molecule has 0 aliphatic carbocycles. The molecular formula is C12H22N4S. The molecule has 0 unspecified atom stereocenters. The van der Waals surface area contributed by atoms with Crippen molar-refractivity contribution in [2.75, 3.05) is 45.5 Å². The highest BCUT2D eigenvalue weighted by Gasteiger charge is 2.11. The average Bonchev–Trinajstić information content (AvgIpc) is 2.95. The molecule has 2 rings (SSSR count). The van der Waals surface area contributed by atoms with Gasteiger partial charge in [-0.2, -0.15) is 0 Å². The molecule has 2 heterocycles. The Morgan fingerprint density at radius 1 is 1.41 bits per heavy atom. The maximum Gasteiger partial charge on any atom is 0.180 e. The van der Waals surface area contributed by atoms with E-state index in [9.17, 15) is 0 Å². The smallest absolute Gasteiger partial charge is 0.180 e. The zero-order valence-corrected chi connectivity index (χ0v) is 11.4. The second-order valence-corrected chi connectivity index (χ2v) is 5.67. The Hall–Kier alpha value is -0.650. The Labute approximate surface area is 107 Å². The van der Waals surface area contributed by atoms with Crippen molar-refractivity contribution in [1.82, 2.24) is 14.8 Å². The van der Waals surface area contributed by atoms with Gasteiger partial charge < -0.3 is 15.5 Å². The minimum Gasteiger partial charge on any atom is -0.375 e. The Morgan fingerprint density at radius 3 is 2.82 bits per heavy atom. The fourth-order valence-corrected chi connectivity index (χ4v) is 2.77. The number of likely N-dealkylation sites (tertiary alicyclic amines) is 1. The van der Waals surface area contributed by atoms with Crippen molar-refractivity contribution in [3.05, 3.63) is 11.1 Å². The third-order valence-corrected chi connectivity index (χ3v) is 4.04. The second-order valence-electron chi connectivity index (χ2n) is 4.78. The van der Waals surface area contributed by atoms with E-state index in [1.54, 1.807) is 0 Å². The van der Waals surface area contributed by atoms with Crippen molar-refractivity contribution >= 4 is 16.5 Å². The van der Waals surface area contributed by atoms with Crippen molar-refractivity contribution in [3.63, 3.8) is 0 Å². The molecule has 1 fully saturated rings. The van der Waals surface area contributed by atoms with Gasteiger partial charge >= 0.3 is 0 Å². The van der Waals surface area contributed by atoms with Gasteiger partial charge in [0.15, 0.2) is 5.13 Å². The minimum atomic E-state index is 0.680. The summed E-state index contributed by atoms with van der Waals surface area (Å²) in [6.45, 7) is 6.00. The second kappa shape index (κ2) is 6.33. The Bertz CT molecular complexity index is 333. The number of nitrogen functional groups attached to an aromatic ring is 1. The van der Waals surface area contributed by atoms with Crippen LogP contribution in [-0.4, -0.2) is 54.6 Å². The zero-order chi connectivity index (χ0) is 12.1. The summed E-state index contributed by atoms with van der Waals surface area (Å²) in [4.78, 5) is 9.22. The zero-order valence-electron chi connectivity index (χ0n) is 10.6. The van der Waals surface area contributed by atoms with E-state index in [0.717, 1.165) is 25.2 Å². The fourth-order valence-electron chi connectivity index (χ4n) is 2.17. The summed E-state index contributed by atoms with van der Waals surface area (Å²) in [5.74, 6) is 0. The Kier molecular flexibility index (Phi) is 4.76. The van der Waals surface area contributed by atoms with Gasteiger partial charge in [0, 0.05) is 31.4 Å². The largest absolute Gasteiger partial charge is 0.375 e. The molecule has 96 valence electrons. The lowest BCUT2D eigenvalue weighted by Crippen LogP contribution is -2.32. The number of thiazole rings is 1. The van der Waals surface area contributed by atoms with Crippen molar-refractivity contribution in [1.29, 1.82) is 0 Å². The monoisotopic (exact) mass is 254 g/mol. The average molecular weight is 254 g/mol. The normalized spacial score (nSPS) is 17.1. The SMILES string of the molecule is CN(CCc1csc(N)n1)CCN1CCCC1. The van der Waals surface area contributed by atoms with Crippen LogP contribution in [0.4, 0.5) is 5.13 Å². The van der Waals surface area contributed by atoms with Gasteiger partial charge in [-0.05, 0) is 33.0 Å². The maximum atomic E-state index is 5.61. The molecule has 0 radical (unpaired) electrons. The summed E-state index contributed by atoms with van der Waals surface area (Å²) in [7, 11) is 2.19. The van der Waals surface area contributed by atoms with Gasteiger partial charge in [-0.15, -0.1) is 11.3 Å². The summed E-state index contributed by atoms with van der Waals surface area (Å²) in [6.07, 6.45) is 3.76. The van der Waals surface area contributed by atoms with Crippen molar-refractivity contribution in [2.24, 2.45) is 0 Å². The van der Waals surface area contributed by atoms with Gasteiger partial charge in [-0.25, -0.2) is 4.98 Å². The molecule has 0 saturated carbocycles. The quantitative estimate of drug-likeness (QED) is 0.831. The van der Waals surface area contributed by atoms with Crippen LogP contribution in [-0.2, 0) is 6.42 Å². The van der Waals surface area contributed by atoms with Crippen LogP contribution in [0, 0.1) is 0 Å². The lowest BCUT2D eigenvalue weighted by atomic mass is 10.3. The molecular weight excluding hydrogens is 232 g/mol. The minimum absolute atomic E-state index is 0.680. The molecule has 1 aliphatic heterocycles. The molecule has 1 aromatic rings. The van der Waals surface area contributed by atoms with E-state index in [0.29, 0.717) is 5.13 Å². The van der Waals surface area contributed by atoms with E-state index in [2.05, 4.69) is 27.2 Å². The first-order valence-electron chi connectivity index (χ1n) is 6.35. The van der Waals surface area contributed by atoms with Crippen LogP contribution >= 0.6 is 11.3 Å². The highest BCUT2D eigenvalue weighted by atomic mass is 32.1. The highest BCUT2D eigenvalue weighted by Crippen LogP contribution is 2.11. The van der Waals surface area contributed by atoms with E-state index in [1.807, 2.05) is 0 Å². The number of nitrogens with two attached hydrogens (primary N) is 1. The van der Waals surface area contributed by atoms with Gasteiger partial charge in [-0.3, -0.25) is 0 Å². The van der Waals surface area contributed by atoms with Crippen LogP contribution in [0.1, 0.15) is 18.5 Å². The molecule has 1 aromatic heterocycles. The first-order chi connectivity index (χ1) is 8.24. The molecule has 17 heavy (non-hydrogen) atoms. The summed E-state index contributed by atoms with van der Waals surface area (Å²) in [5, 5.41) is 2.74. The summed E-state index contributed by atoms with van der Waals surface area (Å²) < 4.78 is 0. The van der Waals surface area contributed by atoms with Crippen LogP contribution in [0.5, 0.6) is 0 Å². The molecule has 0 amide bonds. The standard InChI is InChI=1S/C12H22N4S/c1-15(8-9-16-5-2-3-6-16)7-4-11-10-17-12(13)14-11/h10H,2-9H2,1H3,(H2,13,14). The van der Waals surface area contributed by atoms with Crippen LogP contribution in [0.2, 0.25) is 0 Å². The van der Waals surface area contributed by atoms with Crippen LogP contribution < -0.4 is 5.73 Å². The topological polar surface area (TPSA) is 45.4 Å². The van der Waals surface area contributed by atoms with Gasteiger partial charge in [0.25, 0.3) is 0 Å². The number of rotatable bonds is 6. The lowest BCUT2D eigenvalue weighted by Gasteiger charge is -2.20. The first kappa shape index (κ1) is 12.8. The van der Waals surface area contributed by atoms with Gasteiger partial charge in [0.1, 0.15) is 0 Å². The van der Waals surface area contributed by atoms with E-state index in [4.69, 9.17) is 5.73 Å². The van der Waals surface area contributed by atoms with E-state index < -0.39 is 0 Å². The van der Waals surface area contributed by atoms with E-state index >= 15 is 0 Å². The number of anilines is 1. The van der Waals surface area contributed by atoms with Crippen LogP contribution in [0.15, 0.2) is 5.38 Å². The molecule has 2 N–H and O–H groups in total. The maximum absolute atomic E-state index is 5.61. The molecule has 0 bridgehead atoms. The molecule has 0 atom stereocenters. The highest BCUT2D eigenvalue weighted by molar-refractivity contribution is 7.13. The van der Waals surface area contributed by atoms with Gasteiger partial charge in [0.2, 0.25) is 0 Å².